The number of H-pyrrole nitrogens is 1. The smallest absolute Gasteiger partial charge is 0.181 e. The van der Waals surface area contributed by atoms with E-state index in [0.717, 1.165) is 5.56 Å². The second kappa shape index (κ2) is 4.42. The summed E-state index contributed by atoms with van der Waals surface area (Å²) in [5, 5.41) is 16.3. The number of aromatic hydroxyl groups is 1. The molecule has 1 atom stereocenters. The van der Waals surface area contributed by atoms with Crippen molar-refractivity contribution in [2.24, 2.45) is 5.73 Å². The van der Waals surface area contributed by atoms with Crippen molar-refractivity contribution < 1.29 is 9.84 Å². The number of aromatic nitrogens is 3. The summed E-state index contributed by atoms with van der Waals surface area (Å²) in [6.07, 6.45) is 0. The molecule has 0 radical (unpaired) electrons. The summed E-state index contributed by atoms with van der Waals surface area (Å²) in [5.74, 6) is 1.61. The molecule has 0 aliphatic rings. The van der Waals surface area contributed by atoms with Gasteiger partial charge < -0.3 is 15.6 Å². The van der Waals surface area contributed by atoms with E-state index in [4.69, 9.17) is 10.5 Å². The molecule has 1 unspecified atom stereocenters. The van der Waals surface area contributed by atoms with Crippen LogP contribution in [0.25, 0.3) is 11.4 Å². The Balaban J connectivity index is 2.38. The summed E-state index contributed by atoms with van der Waals surface area (Å²) in [7, 11) is 1.49. The van der Waals surface area contributed by atoms with E-state index < -0.39 is 0 Å². The molecule has 90 valence electrons. The molecule has 2 rings (SSSR count). The average Bonchev–Trinajstić information content (AvgIpc) is 2.79. The number of ether oxygens (including phenoxy) is 1. The largest absolute Gasteiger partial charge is 0.504 e. The molecule has 6 heteroatoms. The second-order valence-electron chi connectivity index (χ2n) is 3.72. The molecule has 1 aromatic carbocycles. The molecule has 0 saturated heterocycles. The maximum Gasteiger partial charge on any atom is 0.181 e. The van der Waals surface area contributed by atoms with Crippen molar-refractivity contribution in [1.29, 1.82) is 0 Å². The number of aromatic amines is 1. The van der Waals surface area contributed by atoms with Crippen molar-refractivity contribution in [2.75, 3.05) is 7.11 Å². The number of hydrogen-bond acceptors (Lipinski definition) is 5. The molecule has 0 aliphatic carbocycles. The van der Waals surface area contributed by atoms with Gasteiger partial charge in [0.15, 0.2) is 17.3 Å². The number of nitrogens with one attached hydrogen (secondary N) is 1. The number of phenols is 1. The van der Waals surface area contributed by atoms with E-state index in [9.17, 15) is 5.11 Å². The van der Waals surface area contributed by atoms with E-state index in [1.165, 1.54) is 13.2 Å². The highest BCUT2D eigenvalue weighted by molar-refractivity contribution is 5.60. The Morgan fingerprint density at radius 2 is 2.24 bits per heavy atom. The van der Waals surface area contributed by atoms with Crippen LogP contribution in [0.3, 0.4) is 0 Å². The number of phenolic OH excluding ortho intramolecular Hbond substituents is 1. The highest BCUT2D eigenvalue weighted by Crippen LogP contribution is 2.30. The lowest BCUT2D eigenvalue weighted by molar-refractivity contribution is 0.373. The van der Waals surface area contributed by atoms with Gasteiger partial charge in [0.05, 0.1) is 13.2 Å². The third-order valence-corrected chi connectivity index (χ3v) is 2.37. The van der Waals surface area contributed by atoms with Crippen LogP contribution in [0.15, 0.2) is 18.2 Å². The third-order valence-electron chi connectivity index (χ3n) is 2.37. The highest BCUT2D eigenvalue weighted by Gasteiger charge is 2.11. The summed E-state index contributed by atoms with van der Waals surface area (Å²) in [4.78, 5) is 4.26. The van der Waals surface area contributed by atoms with Gasteiger partial charge in [-0.15, -0.1) is 0 Å². The Hall–Kier alpha value is -2.08. The average molecular weight is 234 g/mol. The highest BCUT2D eigenvalue weighted by atomic mass is 16.5. The van der Waals surface area contributed by atoms with Gasteiger partial charge in [-0.3, -0.25) is 5.10 Å². The van der Waals surface area contributed by atoms with Crippen LogP contribution in [0.4, 0.5) is 0 Å². The molecule has 0 saturated carbocycles. The molecule has 0 spiro atoms. The van der Waals surface area contributed by atoms with Crippen molar-refractivity contribution in [3.05, 3.63) is 24.0 Å². The molecular weight excluding hydrogens is 220 g/mol. The Morgan fingerprint density at radius 1 is 1.47 bits per heavy atom. The zero-order valence-corrected chi connectivity index (χ0v) is 9.64. The molecule has 1 heterocycles. The monoisotopic (exact) mass is 234 g/mol. The fraction of sp³-hybridized carbons (Fsp3) is 0.273. The minimum absolute atomic E-state index is 0.0826. The Morgan fingerprint density at radius 3 is 2.82 bits per heavy atom. The predicted molar refractivity (Wildman–Crippen MR) is 62.6 cm³/mol. The lowest BCUT2D eigenvalue weighted by Crippen LogP contribution is -2.06. The Kier molecular flexibility index (Phi) is 2.97. The third kappa shape index (κ3) is 2.21. The van der Waals surface area contributed by atoms with Crippen LogP contribution >= 0.6 is 0 Å². The molecule has 2 aromatic rings. The van der Waals surface area contributed by atoms with Crippen molar-refractivity contribution in [3.8, 4) is 22.9 Å². The second-order valence-corrected chi connectivity index (χ2v) is 3.72. The summed E-state index contributed by atoms with van der Waals surface area (Å²) in [6, 6.07) is 4.72. The van der Waals surface area contributed by atoms with Gasteiger partial charge in [-0.05, 0) is 25.1 Å². The van der Waals surface area contributed by atoms with E-state index in [1.54, 1.807) is 12.1 Å². The zero-order valence-electron chi connectivity index (χ0n) is 9.64. The first-order chi connectivity index (χ1) is 8.11. The number of methoxy groups -OCH3 is 1. The van der Waals surface area contributed by atoms with E-state index in [1.807, 2.05) is 6.92 Å². The number of hydrogen-bond donors (Lipinski definition) is 3. The molecule has 4 N–H and O–H groups in total. The molecule has 0 aliphatic heterocycles. The first-order valence-electron chi connectivity index (χ1n) is 5.17. The van der Waals surface area contributed by atoms with Gasteiger partial charge in [0.25, 0.3) is 0 Å². The molecule has 1 aromatic heterocycles. The van der Waals surface area contributed by atoms with Crippen LogP contribution in [0, 0.1) is 0 Å². The first kappa shape index (κ1) is 11.4. The van der Waals surface area contributed by atoms with Crippen LogP contribution in [-0.2, 0) is 0 Å². The van der Waals surface area contributed by atoms with Crippen molar-refractivity contribution in [1.82, 2.24) is 15.2 Å². The van der Waals surface area contributed by atoms with Gasteiger partial charge in [-0.25, -0.2) is 4.98 Å². The van der Waals surface area contributed by atoms with Crippen molar-refractivity contribution in [3.63, 3.8) is 0 Å². The van der Waals surface area contributed by atoms with Crippen LogP contribution in [0.1, 0.15) is 18.8 Å². The fourth-order valence-corrected chi connectivity index (χ4v) is 1.42. The van der Waals surface area contributed by atoms with Crippen LogP contribution in [-0.4, -0.2) is 27.4 Å². The summed E-state index contributed by atoms with van der Waals surface area (Å²) in [5.41, 5.74) is 6.44. The zero-order chi connectivity index (χ0) is 12.4. The lowest BCUT2D eigenvalue weighted by atomic mass is 10.2. The molecule has 0 fully saturated rings. The molecule has 17 heavy (non-hydrogen) atoms. The molecule has 0 amide bonds. The van der Waals surface area contributed by atoms with Gasteiger partial charge in [0.1, 0.15) is 5.82 Å². The standard InChI is InChI=1S/C11H14N4O2/c1-6(12)10-13-11(15-14-10)7-3-4-8(16)9(5-7)17-2/h3-6,16H,12H2,1-2H3,(H,13,14,15). The molecule has 6 nitrogen and oxygen atoms in total. The number of rotatable bonds is 3. The predicted octanol–water partition coefficient (Wildman–Crippen LogP) is 1.21. The summed E-state index contributed by atoms with van der Waals surface area (Å²) in [6.45, 7) is 1.82. The molecular formula is C11H14N4O2. The first-order valence-corrected chi connectivity index (χ1v) is 5.17. The van der Waals surface area contributed by atoms with E-state index >= 15 is 0 Å². The topological polar surface area (TPSA) is 97.0 Å². The van der Waals surface area contributed by atoms with Gasteiger partial charge in [-0.1, -0.05) is 0 Å². The van der Waals surface area contributed by atoms with E-state index in [0.29, 0.717) is 17.4 Å². The molecule has 0 bridgehead atoms. The van der Waals surface area contributed by atoms with Crippen molar-refractivity contribution in [2.45, 2.75) is 13.0 Å². The van der Waals surface area contributed by atoms with Crippen LogP contribution < -0.4 is 10.5 Å². The summed E-state index contributed by atoms with van der Waals surface area (Å²) >= 11 is 0. The Labute approximate surface area is 98.4 Å². The number of nitrogens with zero attached hydrogens (tertiary/aromatic N) is 2. The van der Waals surface area contributed by atoms with E-state index in [-0.39, 0.29) is 11.8 Å². The minimum atomic E-state index is -0.199. The summed E-state index contributed by atoms with van der Waals surface area (Å²) < 4.78 is 5.02. The van der Waals surface area contributed by atoms with Gasteiger partial charge in [-0.2, -0.15) is 5.10 Å². The maximum absolute atomic E-state index is 9.48. The van der Waals surface area contributed by atoms with E-state index in [2.05, 4.69) is 15.2 Å². The maximum atomic E-state index is 9.48. The number of nitrogens with two attached hydrogens (primary N) is 1. The van der Waals surface area contributed by atoms with Crippen LogP contribution in [0.2, 0.25) is 0 Å². The van der Waals surface area contributed by atoms with Crippen molar-refractivity contribution >= 4 is 0 Å². The lowest BCUT2D eigenvalue weighted by Gasteiger charge is -2.03. The SMILES string of the molecule is COc1cc(-c2n[nH]c(C(C)N)n2)ccc1O. The minimum Gasteiger partial charge on any atom is -0.504 e. The van der Waals surface area contributed by atoms with Gasteiger partial charge in [0.2, 0.25) is 0 Å². The van der Waals surface area contributed by atoms with Gasteiger partial charge in [0, 0.05) is 5.56 Å². The van der Waals surface area contributed by atoms with Gasteiger partial charge >= 0.3 is 0 Å². The fourth-order valence-electron chi connectivity index (χ4n) is 1.42. The van der Waals surface area contributed by atoms with Crippen LogP contribution in [0.5, 0.6) is 11.5 Å². The normalized spacial score (nSPS) is 12.4. The quantitative estimate of drug-likeness (QED) is 0.741. The Bertz CT molecular complexity index is 522. The number of benzene rings is 1.